The molecule has 0 bridgehead atoms. The van der Waals surface area contributed by atoms with Crippen LogP contribution in [0.5, 0.6) is 5.75 Å². The molecule has 0 saturated heterocycles. The number of nitrogens with zero attached hydrogens (tertiary/aromatic N) is 2. The van der Waals surface area contributed by atoms with E-state index in [0.29, 0.717) is 25.7 Å². The first-order valence-corrected chi connectivity index (χ1v) is 8.66. The van der Waals surface area contributed by atoms with Crippen molar-refractivity contribution in [2.24, 2.45) is 4.99 Å². The van der Waals surface area contributed by atoms with Gasteiger partial charge in [0, 0.05) is 39.7 Å². The summed E-state index contributed by atoms with van der Waals surface area (Å²) in [6.45, 7) is 6.20. The molecule has 7 heteroatoms. The zero-order chi connectivity index (χ0) is 19.6. The highest BCUT2D eigenvalue weighted by molar-refractivity contribution is 5.84. The number of hydrogen-bond acceptors (Lipinski definition) is 4. The van der Waals surface area contributed by atoms with Crippen LogP contribution in [-0.4, -0.2) is 71.3 Å². The van der Waals surface area contributed by atoms with E-state index in [1.165, 1.54) is 4.90 Å². The van der Waals surface area contributed by atoms with E-state index in [0.717, 1.165) is 11.3 Å². The van der Waals surface area contributed by atoms with Crippen LogP contribution in [0.1, 0.15) is 19.4 Å². The molecule has 0 aliphatic heterocycles. The molecule has 0 heterocycles. The minimum absolute atomic E-state index is 0.0510. The van der Waals surface area contributed by atoms with E-state index in [1.807, 2.05) is 18.2 Å². The van der Waals surface area contributed by atoms with Gasteiger partial charge in [-0.2, -0.15) is 0 Å². The first-order valence-electron chi connectivity index (χ1n) is 8.66. The van der Waals surface area contributed by atoms with Crippen molar-refractivity contribution in [3.8, 4) is 5.75 Å². The minimum atomic E-state index is -0.149. The molecule has 26 heavy (non-hydrogen) atoms. The van der Waals surface area contributed by atoms with Gasteiger partial charge in [-0.25, -0.2) is 4.99 Å². The standard InChI is InChI=1S/C19H32N4O3/c1-19(2,15-8-7-9-16(12-15)26-6)14-22-18(20-10-11-25-5)21-13-17(24)23(3)4/h7-9,12H,10-11,13-14H2,1-6H3,(H2,20,21,22). The highest BCUT2D eigenvalue weighted by Crippen LogP contribution is 2.25. The molecule has 0 unspecified atom stereocenters. The number of ether oxygens (including phenoxy) is 2. The Bertz CT molecular complexity index is 600. The van der Waals surface area contributed by atoms with E-state index >= 15 is 0 Å². The van der Waals surface area contributed by atoms with Crippen LogP contribution in [0.4, 0.5) is 0 Å². The third-order valence-electron chi connectivity index (χ3n) is 4.02. The molecule has 0 aliphatic rings. The SMILES string of the molecule is COCCNC(=NCC(=O)N(C)C)NCC(C)(C)c1cccc(OC)c1. The second kappa shape index (κ2) is 10.7. The van der Waals surface area contributed by atoms with E-state index in [1.54, 1.807) is 28.3 Å². The summed E-state index contributed by atoms with van der Waals surface area (Å²) in [4.78, 5) is 17.7. The predicted octanol–water partition coefficient (Wildman–Crippen LogP) is 1.24. The highest BCUT2D eigenvalue weighted by atomic mass is 16.5. The Morgan fingerprint density at radius 3 is 2.58 bits per heavy atom. The van der Waals surface area contributed by atoms with Gasteiger partial charge in [0.15, 0.2) is 5.96 Å². The highest BCUT2D eigenvalue weighted by Gasteiger charge is 2.21. The number of guanidine groups is 1. The molecule has 0 saturated carbocycles. The Kier molecular flexibility index (Phi) is 8.92. The zero-order valence-corrected chi connectivity index (χ0v) is 16.8. The van der Waals surface area contributed by atoms with Crippen molar-refractivity contribution in [1.29, 1.82) is 0 Å². The van der Waals surface area contributed by atoms with Gasteiger partial charge < -0.3 is 25.0 Å². The number of hydrogen-bond donors (Lipinski definition) is 2. The molecule has 0 spiro atoms. The molecule has 1 aromatic rings. The van der Waals surface area contributed by atoms with Gasteiger partial charge in [-0.3, -0.25) is 4.79 Å². The molecule has 7 nitrogen and oxygen atoms in total. The van der Waals surface area contributed by atoms with Crippen LogP contribution < -0.4 is 15.4 Å². The van der Waals surface area contributed by atoms with E-state index in [-0.39, 0.29) is 17.9 Å². The van der Waals surface area contributed by atoms with Crippen molar-refractivity contribution < 1.29 is 14.3 Å². The molecule has 2 N–H and O–H groups in total. The van der Waals surface area contributed by atoms with Crippen LogP contribution in [0.25, 0.3) is 0 Å². The summed E-state index contributed by atoms with van der Waals surface area (Å²) in [5, 5.41) is 6.50. The fraction of sp³-hybridized carbons (Fsp3) is 0.579. The molecule has 1 rings (SSSR count). The van der Waals surface area contributed by atoms with Gasteiger partial charge in [0.2, 0.25) is 5.91 Å². The summed E-state index contributed by atoms with van der Waals surface area (Å²) >= 11 is 0. The molecule has 0 aliphatic carbocycles. The van der Waals surface area contributed by atoms with Gasteiger partial charge in [0.05, 0.1) is 13.7 Å². The molecule has 0 atom stereocenters. The fourth-order valence-corrected chi connectivity index (χ4v) is 2.18. The number of methoxy groups -OCH3 is 2. The minimum Gasteiger partial charge on any atom is -0.497 e. The normalized spacial score (nSPS) is 11.8. The second-order valence-corrected chi connectivity index (χ2v) is 6.84. The van der Waals surface area contributed by atoms with E-state index < -0.39 is 0 Å². The number of carbonyl (C=O) groups excluding carboxylic acids is 1. The predicted molar refractivity (Wildman–Crippen MR) is 105 cm³/mol. The summed E-state index contributed by atoms with van der Waals surface area (Å²) < 4.78 is 10.4. The third-order valence-corrected chi connectivity index (χ3v) is 4.02. The lowest BCUT2D eigenvalue weighted by molar-refractivity contribution is -0.127. The van der Waals surface area contributed by atoms with Gasteiger partial charge in [0.1, 0.15) is 12.3 Å². The van der Waals surface area contributed by atoms with Crippen LogP contribution in [0.3, 0.4) is 0 Å². The zero-order valence-electron chi connectivity index (χ0n) is 16.8. The second-order valence-electron chi connectivity index (χ2n) is 6.84. The summed E-state index contributed by atoms with van der Waals surface area (Å²) in [5.74, 6) is 1.37. The largest absolute Gasteiger partial charge is 0.497 e. The Morgan fingerprint density at radius 1 is 1.23 bits per heavy atom. The van der Waals surface area contributed by atoms with Gasteiger partial charge in [-0.1, -0.05) is 26.0 Å². The number of likely N-dealkylation sites (N-methyl/N-ethyl adjacent to an activating group) is 1. The monoisotopic (exact) mass is 364 g/mol. The molecule has 146 valence electrons. The molecule has 0 fully saturated rings. The maximum absolute atomic E-state index is 11.8. The van der Waals surface area contributed by atoms with E-state index in [4.69, 9.17) is 9.47 Å². The first-order chi connectivity index (χ1) is 12.3. The number of amides is 1. The summed E-state index contributed by atoms with van der Waals surface area (Å²) in [7, 11) is 6.74. The van der Waals surface area contributed by atoms with Gasteiger partial charge in [0.25, 0.3) is 0 Å². The maximum Gasteiger partial charge on any atom is 0.243 e. The summed E-state index contributed by atoms with van der Waals surface area (Å²) in [5.41, 5.74) is 1.01. The smallest absolute Gasteiger partial charge is 0.243 e. The van der Waals surface area contributed by atoms with Crippen molar-refractivity contribution in [3.05, 3.63) is 29.8 Å². The van der Waals surface area contributed by atoms with Crippen LogP contribution >= 0.6 is 0 Å². The number of benzene rings is 1. The number of carbonyl (C=O) groups is 1. The topological polar surface area (TPSA) is 75.2 Å². The average molecular weight is 364 g/mol. The van der Waals surface area contributed by atoms with Crippen LogP contribution in [0.2, 0.25) is 0 Å². The Hall–Kier alpha value is -2.28. The summed E-state index contributed by atoms with van der Waals surface area (Å²) in [6, 6.07) is 8.03. The van der Waals surface area contributed by atoms with Crippen molar-refractivity contribution in [2.45, 2.75) is 19.3 Å². The van der Waals surface area contributed by atoms with Gasteiger partial charge >= 0.3 is 0 Å². The first kappa shape index (κ1) is 21.8. The Balaban J connectivity index is 2.78. The number of nitrogens with one attached hydrogen (secondary N) is 2. The molecular weight excluding hydrogens is 332 g/mol. The average Bonchev–Trinajstić information content (AvgIpc) is 2.63. The number of aliphatic imine (C=N–C) groups is 1. The third kappa shape index (κ3) is 7.31. The quantitative estimate of drug-likeness (QED) is 0.392. The lowest BCUT2D eigenvalue weighted by Crippen LogP contribution is -2.45. The van der Waals surface area contributed by atoms with Crippen LogP contribution in [0.15, 0.2) is 29.3 Å². The molecular formula is C19H32N4O3. The van der Waals surface area contributed by atoms with Crippen molar-refractivity contribution in [3.63, 3.8) is 0 Å². The molecule has 1 aromatic carbocycles. The van der Waals surface area contributed by atoms with Crippen molar-refractivity contribution in [1.82, 2.24) is 15.5 Å². The Morgan fingerprint density at radius 2 is 1.96 bits per heavy atom. The van der Waals surface area contributed by atoms with E-state index in [2.05, 4.69) is 35.5 Å². The summed E-state index contributed by atoms with van der Waals surface area (Å²) in [6.07, 6.45) is 0. The fourth-order valence-electron chi connectivity index (χ4n) is 2.18. The van der Waals surface area contributed by atoms with E-state index in [9.17, 15) is 4.79 Å². The molecule has 0 aromatic heterocycles. The van der Waals surface area contributed by atoms with Crippen molar-refractivity contribution >= 4 is 11.9 Å². The lowest BCUT2D eigenvalue weighted by atomic mass is 9.84. The van der Waals surface area contributed by atoms with Crippen LogP contribution in [0, 0.1) is 0 Å². The van der Waals surface area contributed by atoms with Crippen LogP contribution in [-0.2, 0) is 14.9 Å². The molecule has 1 amide bonds. The van der Waals surface area contributed by atoms with Crippen molar-refractivity contribution in [2.75, 3.05) is 54.6 Å². The van der Waals surface area contributed by atoms with Gasteiger partial charge in [-0.15, -0.1) is 0 Å². The van der Waals surface area contributed by atoms with Gasteiger partial charge in [-0.05, 0) is 17.7 Å². The maximum atomic E-state index is 11.8. The lowest BCUT2D eigenvalue weighted by Gasteiger charge is -2.27. The number of rotatable bonds is 9. The Labute approximate surface area is 156 Å². The molecule has 0 radical (unpaired) electrons.